The summed E-state index contributed by atoms with van der Waals surface area (Å²) in [7, 11) is -4.01. The maximum Gasteiger partial charge on any atom is 0.252 e. The van der Waals surface area contributed by atoms with Crippen molar-refractivity contribution in [3.8, 4) is 11.5 Å². The highest BCUT2D eigenvalue weighted by Gasteiger charge is 2.28. The summed E-state index contributed by atoms with van der Waals surface area (Å²) in [6.07, 6.45) is 1.48. The van der Waals surface area contributed by atoms with Gasteiger partial charge in [-0.25, -0.2) is 8.42 Å². The van der Waals surface area contributed by atoms with E-state index >= 15 is 0 Å². The lowest BCUT2D eigenvalue weighted by molar-refractivity contribution is 0.171. The number of nitrogens with zero attached hydrogens (tertiary/aromatic N) is 1. The smallest absolute Gasteiger partial charge is 0.252 e. The standard InChI is InChI=1S/C25H24N2O6S/c1-16-10-18-12-19(25(28)26-22(18)11-17(16)2)14-27(15-20-4-3-7-31-20)34(29,30)21-5-6-23-24(13-21)33-9-8-32-23/h3-7,10-13H,8-9,14-15H2,1-2H3,(H,26,28). The normalized spacial score (nSPS) is 13.5. The highest BCUT2D eigenvalue weighted by atomic mass is 32.2. The molecular formula is C25H24N2O6S. The molecule has 1 aliphatic heterocycles. The molecule has 0 saturated heterocycles. The highest BCUT2D eigenvalue weighted by Crippen LogP contribution is 2.34. The number of aryl methyl sites for hydroxylation is 2. The molecule has 0 spiro atoms. The fraction of sp³-hybridized carbons (Fsp3) is 0.240. The Hall–Kier alpha value is -3.56. The molecular weight excluding hydrogens is 456 g/mol. The summed E-state index contributed by atoms with van der Waals surface area (Å²) >= 11 is 0. The monoisotopic (exact) mass is 480 g/mol. The number of nitrogens with one attached hydrogen (secondary N) is 1. The molecule has 1 N–H and O–H groups in total. The van der Waals surface area contributed by atoms with Crippen LogP contribution in [0.1, 0.15) is 22.5 Å². The van der Waals surface area contributed by atoms with Crippen molar-refractivity contribution in [2.75, 3.05) is 13.2 Å². The lowest BCUT2D eigenvalue weighted by Crippen LogP contribution is -2.32. The molecule has 176 valence electrons. The van der Waals surface area contributed by atoms with Crippen LogP contribution in [0.2, 0.25) is 0 Å². The third-order valence-electron chi connectivity index (χ3n) is 5.95. The Morgan fingerprint density at radius 2 is 1.71 bits per heavy atom. The largest absolute Gasteiger partial charge is 0.486 e. The minimum Gasteiger partial charge on any atom is -0.486 e. The van der Waals surface area contributed by atoms with Crippen LogP contribution in [-0.4, -0.2) is 30.9 Å². The van der Waals surface area contributed by atoms with Gasteiger partial charge in [0.05, 0.1) is 17.7 Å². The van der Waals surface area contributed by atoms with Crippen LogP contribution in [0.5, 0.6) is 11.5 Å². The molecule has 0 radical (unpaired) electrons. The van der Waals surface area contributed by atoms with Crippen LogP contribution in [0.25, 0.3) is 10.9 Å². The molecule has 2 aromatic heterocycles. The van der Waals surface area contributed by atoms with Gasteiger partial charge in [-0.15, -0.1) is 0 Å². The average Bonchev–Trinajstić information content (AvgIpc) is 3.33. The molecule has 1 aliphatic rings. The first-order valence-electron chi connectivity index (χ1n) is 10.9. The van der Waals surface area contributed by atoms with Crippen molar-refractivity contribution in [2.24, 2.45) is 0 Å². The number of aromatic amines is 1. The Bertz CT molecular complexity index is 1520. The summed E-state index contributed by atoms with van der Waals surface area (Å²) in [5, 5.41) is 0.840. The molecule has 34 heavy (non-hydrogen) atoms. The number of aromatic nitrogens is 1. The molecule has 0 fully saturated rings. The molecule has 0 amide bonds. The minimum atomic E-state index is -4.01. The number of sulfonamides is 1. The zero-order valence-electron chi connectivity index (χ0n) is 18.8. The Labute approximate surface area is 196 Å². The van der Waals surface area contributed by atoms with Crippen LogP contribution < -0.4 is 15.0 Å². The van der Waals surface area contributed by atoms with Crippen molar-refractivity contribution in [3.63, 3.8) is 0 Å². The van der Waals surface area contributed by atoms with Gasteiger partial charge in [-0.3, -0.25) is 4.79 Å². The number of hydrogen-bond acceptors (Lipinski definition) is 6. The lowest BCUT2D eigenvalue weighted by atomic mass is 10.0. The van der Waals surface area contributed by atoms with Gasteiger partial charge in [-0.05, 0) is 72.8 Å². The van der Waals surface area contributed by atoms with Gasteiger partial charge >= 0.3 is 0 Å². The van der Waals surface area contributed by atoms with Crippen LogP contribution in [0.15, 0.2) is 68.9 Å². The summed E-state index contributed by atoms with van der Waals surface area (Å²) < 4.78 is 45.1. The van der Waals surface area contributed by atoms with E-state index in [9.17, 15) is 13.2 Å². The van der Waals surface area contributed by atoms with Gasteiger partial charge in [0.1, 0.15) is 19.0 Å². The van der Waals surface area contributed by atoms with Gasteiger partial charge in [0.25, 0.3) is 5.56 Å². The molecule has 0 unspecified atom stereocenters. The molecule has 0 aliphatic carbocycles. The van der Waals surface area contributed by atoms with Gasteiger partial charge in [0.2, 0.25) is 10.0 Å². The number of hydrogen-bond donors (Lipinski definition) is 1. The second-order valence-corrected chi connectivity index (χ2v) is 10.2. The Balaban J connectivity index is 1.56. The number of benzene rings is 2. The van der Waals surface area contributed by atoms with Crippen molar-refractivity contribution >= 4 is 20.9 Å². The van der Waals surface area contributed by atoms with E-state index in [-0.39, 0.29) is 23.5 Å². The van der Waals surface area contributed by atoms with Crippen molar-refractivity contribution in [1.82, 2.24) is 9.29 Å². The second-order valence-electron chi connectivity index (χ2n) is 8.31. The molecule has 9 heteroatoms. The minimum absolute atomic E-state index is 0.0336. The third kappa shape index (κ3) is 4.20. The second kappa shape index (κ2) is 8.66. The van der Waals surface area contributed by atoms with E-state index in [2.05, 4.69) is 4.98 Å². The molecule has 4 aromatic rings. The van der Waals surface area contributed by atoms with Crippen LogP contribution >= 0.6 is 0 Å². The van der Waals surface area contributed by atoms with E-state index in [1.54, 1.807) is 24.3 Å². The first-order valence-corrected chi connectivity index (χ1v) is 12.3. The zero-order chi connectivity index (χ0) is 23.9. The topological polar surface area (TPSA) is 102 Å². The predicted octanol–water partition coefficient (Wildman–Crippen LogP) is 3.90. The molecule has 0 bridgehead atoms. The predicted molar refractivity (Wildman–Crippen MR) is 127 cm³/mol. The number of H-pyrrole nitrogens is 1. The first kappa shape index (κ1) is 22.2. The molecule has 2 aromatic carbocycles. The van der Waals surface area contributed by atoms with E-state index in [1.165, 1.54) is 22.7 Å². The molecule has 5 rings (SSSR count). The Morgan fingerprint density at radius 3 is 2.47 bits per heavy atom. The van der Waals surface area contributed by atoms with E-state index in [0.29, 0.717) is 41.6 Å². The summed E-state index contributed by atoms with van der Waals surface area (Å²) in [6, 6.07) is 13.6. The van der Waals surface area contributed by atoms with Crippen LogP contribution in [0.4, 0.5) is 0 Å². The quantitative estimate of drug-likeness (QED) is 0.449. The SMILES string of the molecule is Cc1cc2cc(CN(Cc3ccco3)S(=O)(=O)c3ccc4c(c3)OCCO4)c(=O)[nH]c2cc1C. The van der Waals surface area contributed by atoms with Gasteiger partial charge in [0.15, 0.2) is 11.5 Å². The maximum atomic E-state index is 13.7. The van der Waals surface area contributed by atoms with Gasteiger partial charge in [-0.1, -0.05) is 0 Å². The van der Waals surface area contributed by atoms with Crippen LogP contribution in [0, 0.1) is 13.8 Å². The van der Waals surface area contributed by atoms with E-state index in [4.69, 9.17) is 13.9 Å². The number of ether oxygens (including phenoxy) is 2. The summed E-state index contributed by atoms with van der Waals surface area (Å²) in [5.41, 5.74) is 2.86. The Kier molecular flexibility index (Phi) is 5.66. The first-order chi connectivity index (χ1) is 16.3. The third-order valence-corrected chi connectivity index (χ3v) is 7.73. The molecule has 8 nitrogen and oxygen atoms in total. The fourth-order valence-electron chi connectivity index (χ4n) is 3.96. The van der Waals surface area contributed by atoms with Crippen molar-refractivity contribution in [1.29, 1.82) is 0 Å². The van der Waals surface area contributed by atoms with E-state index in [0.717, 1.165) is 16.5 Å². The summed E-state index contributed by atoms with van der Waals surface area (Å²) in [6.45, 7) is 4.57. The average molecular weight is 481 g/mol. The van der Waals surface area contributed by atoms with E-state index in [1.807, 2.05) is 26.0 Å². The molecule has 0 saturated carbocycles. The number of furan rings is 1. The van der Waals surface area contributed by atoms with Crippen molar-refractivity contribution in [2.45, 2.75) is 31.8 Å². The van der Waals surface area contributed by atoms with Gasteiger partial charge in [-0.2, -0.15) is 4.31 Å². The summed E-state index contributed by atoms with van der Waals surface area (Å²) in [4.78, 5) is 15.8. The van der Waals surface area contributed by atoms with Crippen LogP contribution in [-0.2, 0) is 23.1 Å². The number of pyridine rings is 1. The molecule has 0 atom stereocenters. The van der Waals surface area contributed by atoms with Crippen LogP contribution in [0.3, 0.4) is 0 Å². The van der Waals surface area contributed by atoms with Crippen molar-refractivity contribution in [3.05, 3.63) is 87.6 Å². The maximum absolute atomic E-state index is 13.7. The number of fused-ring (bicyclic) bond motifs is 2. The summed E-state index contributed by atoms with van der Waals surface area (Å²) in [5.74, 6) is 1.34. The van der Waals surface area contributed by atoms with E-state index < -0.39 is 10.0 Å². The van der Waals surface area contributed by atoms with Gasteiger partial charge < -0.3 is 18.9 Å². The molecule has 3 heterocycles. The highest BCUT2D eigenvalue weighted by molar-refractivity contribution is 7.89. The zero-order valence-corrected chi connectivity index (χ0v) is 19.6. The Morgan fingerprint density at radius 1 is 0.941 bits per heavy atom. The van der Waals surface area contributed by atoms with Gasteiger partial charge in [0, 0.05) is 23.7 Å². The lowest BCUT2D eigenvalue weighted by Gasteiger charge is -2.23. The number of rotatable bonds is 6. The van der Waals surface area contributed by atoms with Crippen molar-refractivity contribution < 1.29 is 22.3 Å². The fourth-order valence-corrected chi connectivity index (χ4v) is 5.37.